The van der Waals surface area contributed by atoms with Crippen LogP contribution in [0.1, 0.15) is 28.8 Å². The maximum atomic E-state index is 13.1. The summed E-state index contributed by atoms with van der Waals surface area (Å²) in [5, 5.41) is 3.34. The fraction of sp³-hybridized carbons (Fsp3) is 0.500. The summed E-state index contributed by atoms with van der Waals surface area (Å²) in [6, 6.07) is 0. The Kier molecular flexibility index (Phi) is 4.69. The summed E-state index contributed by atoms with van der Waals surface area (Å²) in [7, 11) is 1.67. The Bertz CT molecular complexity index is 983. The topological polar surface area (TPSA) is 123 Å². The lowest BCUT2D eigenvalue weighted by Crippen LogP contribution is -2.49. The van der Waals surface area contributed by atoms with Crippen molar-refractivity contribution in [2.24, 2.45) is 0 Å². The van der Waals surface area contributed by atoms with Gasteiger partial charge in [0.15, 0.2) is 5.60 Å². The zero-order chi connectivity index (χ0) is 21.5. The smallest absolute Gasteiger partial charge is 0.410 e. The van der Waals surface area contributed by atoms with E-state index in [0.29, 0.717) is 31.2 Å². The molecule has 162 valence electrons. The lowest BCUT2D eigenvalue weighted by Gasteiger charge is -2.29. The number of aromatic nitrogens is 4. The SMILES string of the molecule is CN1CC2(COCCN(C(=O)c3cnc(NC4(c5cncnc5)CC4)nc3)C2)OC1=O. The van der Waals surface area contributed by atoms with E-state index >= 15 is 0 Å². The number of carbonyl (C=O) groups is 2. The maximum Gasteiger partial charge on any atom is 0.410 e. The Morgan fingerprint density at radius 3 is 2.52 bits per heavy atom. The van der Waals surface area contributed by atoms with Crippen LogP contribution in [-0.2, 0) is 15.0 Å². The molecule has 2 aromatic rings. The molecule has 1 aliphatic carbocycles. The van der Waals surface area contributed by atoms with Crippen LogP contribution in [-0.4, -0.2) is 87.2 Å². The summed E-state index contributed by atoms with van der Waals surface area (Å²) in [6.07, 6.45) is 9.57. The minimum absolute atomic E-state index is 0.223. The van der Waals surface area contributed by atoms with Crippen LogP contribution < -0.4 is 5.32 Å². The van der Waals surface area contributed by atoms with E-state index in [1.807, 2.05) is 0 Å². The van der Waals surface area contributed by atoms with Gasteiger partial charge in [-0.05, 0) is 12.8 Å². The average Bonchev–Trinajstić information content (AvgIpc) is 3.54. The second-order valence-electron chi connectivity index (χ2n) is 8.32. The Balaban J connectivity index is 1.28. The summed E-state index contributed by atoms with van der Waals surface area (Å²) in [5.41, 5.74) is 0.258. The molecule has 0 radical (unpaired) electrons. The first-order valence-electron chi connectivity index (χ1n) is 10.2. The second-order valence-corrected chi connectivity index (χ2v) is 8.32. The summed E-state index contributed by atoms with van der Waals surface area (Å²) in [4.78, 5) is 44.9. The van der Waals surface area contributed by atoms with Gasteiger partial charge in [0.05, 0.1) is 37.4 Å². The average molecular weight is 425 g/mol. The molecule has 0 bridgehead atoms. The van der Waals surface area contributed by atoms with Crippen molar-refractivity contribution in [2.45, 2.75) is 24.0 Å². The molecular formula is C20H23N7O4. The molecule has 1 saturated carbocycles. The van der Waals surface area contributed by atoms with Gasteiger partial charge in [0.1, 0.15) is 6.33 Å². The van der Waals surface area contributed by atoms with Crippen molar-refractivity contribution in [3.05, 3.63) is 42.2 Å². The highest BCUT2D eigenvalue weighted by atomic mass is 16.6. The predicted octanol–water partition coefficient (Wildman–Crippen LogP) is 0.661. The maximum absolute atomic E-state index is 13.1. The molecule has 3 aliphatic rings. The highest BCUT2D eigenvalue weighted by molar-refractivity contribution is 5.93. The van der Waals surface area contributed by atoms with E-state index in [4.69, 9.17) is 9.47 Å². The first kappa shape index (κ1) is 19.6. The minimum atomic E-state index is -0.851. The molecule has 31 heavy (non-hydrogen) atoms. The highest BCUT2D eigenvalue weighted by Crippen LogP contribution is 2.47. The number of hydrogen-bond donors (Lipinski definition) is 1. The standard InChI is InChI=1S/C20H23N7O4/c1-26-10-19(31-18(26)29)11-27(4-5-30-12-19)16(28)14-6-23-17(24-7-14)25-20(2-3-20)15-8-21-13-22-9-15/h6-9,13H,2-5,10-12H2,1H3,(H,23,24,25). The first-order chi connectivity index (χ1) is 15.0. The molecule has 1 atom stereocenters. The number of hydrogen-bond acceptors (Lipinski definition) is 9. The Hall–Kier alpha value is -3.34. The lowest BCUT2D eigenvalue weighted by atomic mass is 10.0. The minimum Gasteiger partial charge on any atom is -0.437 e. The Morgan fingerprint density at radius 2 is 1.87 bits per heavy atom. The molecule has 11 heteroatoms. The molecule has 1 N–H and O–H groups in total. The van der Waals surface area contributed by atoms with Crippen LogP contribution in [0.4, 0.5) is 10.7 Å². The van der Waals surface area contributed by atoms with Gasteiger partial charge in [-0.15, -0.1) is 0 Å². The van der Waals surface area contributed by atoms with E-state index in [0.717, 1.165) is 18.4 Å². The van der Waals surface area contributed by atoms with Crippen LogP contribution in [0.2, 0.25) is 0 Å². The van der Waals surface area contributed by atoms with Gasteiger partial charge in [0.25, 0.3) is 5.91 Å². The normalized spacial score (nSPS) is 24.6. The van der Waals surface area contributed by atoms with Gasteiger partial charge in [-0.1, -0.05) is 0 Å². The van der Waals surface area contributed by atoms with E-state index in [9.17, 15) is 9.59 Å². The zero-order valence-corrected chi connectivity index (χ0v) is 17.2. The molecule has 4 heterocycles. The van der Waals surface area contributed by atoms with Crippen molar-refractivity contribution in [3.63, 3.8) is 0 Å². The number of ether oxygens (including phenoxy) is 2. The number of nitrogens with zero attached hydrogens (tertiary/aromatic N) is 6. The first-order valence-corrected chi connectivity index (χ1v) is 10.2. The van der Waals surface area contributed by atoms with E-state index in [2.05, 4.69) is 25.3 Å². The third kappa shape index (κ3) is 3.76. The van der Waals surface area contributed by atoms with E-state index in [1.165, 1.54) is 23.6 Å². The Labute approximate surface area is 178 Å². The van der Waals surface area contributed by atoms with Crippen molar-refractivity contribution in [1.29, 1.82) is 0 Å². The number of likely N-dealkylation sites (N-methyl/N-ethyl adjacent to an activating group) is 1. The number of rotatable bonds is 4. The molecule has 2 aliphatic heterocycles. The van der Waals surface area contributed by atoms with Crippen molar-refractivity contribution in [2.75, 3.05) is 45.2 Å². The Morgan fingerprint density at radius 1 is 1.13 bits per heavy atom. The number of anilines is 1. The van der Waals surface area contributed by atoms with Gasteiger partial charge < -0.3 is 24.6 Å². The van der Waals surface area contributed by atoms with Crippen LogP contribution in [0.15, 0.2) is 31.1 Å². The third-order valence-electron chi connectivity index (χ3n) is 5.89. The van der Waals surface area contributed by atoms with Crippen molar-refractivity contribution in [1.82, 2.24) is 29.7 Å². The fourth-order valence-electron chi connectivity index (χ4n) is 4.09. The van der Waals surface area contributed by atoms with Crippen LogP contribution >= 0.6 is 0 Å². The predicted molar refractivity (Wildman–Crippen MR) is 107 cm³/mol. The highest BCUT2D eigenvalue weighted by Gasteiger charge is 2.48. The van der Waals surface area contributed by atoms with Gasteiger partial charge in [-0.25, -0.2) is 24.7 Å². The van der Waals surface area contributed by atoms with Crippen LogP contribution in [0, 0.1) is 0 Å². The number of amides is 2. The van der Waals surface area contributed by atoms with E-state index in [-0.39, 0.29) is 24.6 Å². The largest absolute Gasteiger partial charge is 0.437 e. The van der Waals surface area contributed by atoms with Gasteiger partial charge >= 0.3 is 6.09 Å². The molecule has 11 nitrogen and oxygen atoms in total. The molecular weight excluding hydrogens is 402 g/mol. The zero-order valence-electron chi connectivity index (χ0n) is 17.2. The van der Waals surface area contributed by atoms with Gasteiger partial charge in [-0.3, -0.25) is 4.79 Å². The van der Waals surface area contributed by atoms with Crippen LogP contribution in [0.5, 0.6) is 0 Å². The summed E-state index contributed by atoms with van der Waals surface area (Å²) < 4.78 is 11.2. The van der Waals surface area contributed by atoms with Crippen molar-refractivity contribution in [3.8, 4) is 0 Å². The van der Waals surface area contributed by atoms with Crippen molar-refractivity contribution < 1.29 is 19.1 Å². The van der Waals surface area contributed by atoms with Gasteiger partial charge in [-0.2, -0.15) is 0 Å². The lowest BCUT2D eigenvalue weighted by molar-refractivity contribution is -0.0143. The summed E-state index contributed by atoms with van der Waals surface area (Å²) in [5.74, 6) is 0.222. The molecule has 1 unspecified atom stereocenters. The van der Waals surface area contributed by atoms with Crippen molar-refractivity contribution >= 4 is 17.9 Å². The molecule has 2 amide bonds. The summed E-state index contributed by atoms with van der Waals surface area (Å²) in [6.45, 7) is 1.67. The second kappa shape index (κ2) is 7.41. The van der Waals surface area contributed by atoms with Crippen LogP contribution in [0.3, 0.4) is 0 Å². The fourth-order valence-corrected chi connectivity index (χ4v) is 4.09. The number of nitrogens with one attached hydrogen (secondary N) is 1. The van der Waals surface area contributed by atoms with Crippen LogP contribution in [0.25, 0.3) is 0 Å². The van der Waals surface area contributed by atoms with Gasteiger partial charge in [0, 0.05) is 43.9 Å². The summed E-state index contributed by atoms with van der Waals surface area (Å²) >= 11 is 0. The quantitative estimate of drug-likeness (QED) is 0.752. The molecule has 1 spiro atoms. The van der Waals surface area contributed by atoms with Gasteiger partial charge in [0.2, 0.25) is 5.95 Å². The molecule has 5 rings (SSSR count). The molecule has 3 fully saturated rings. The monoisotopic (exact) mass is 425 g/mol. The molecule has 2 saturated heterocycles. The third-order valence-corrected chi connectivity index (χ3v) is 5.89. The number of carbonyl (C=O) groups excluding carboxylic acids is 2. The van der Waals surface area contributed by atoms with E-state index in [1.54, 1.807) is 24.3 Å². The molecule has 0 aromatic carbocycles. The molecule has 2 aromatic heterocycles. The van der Waals surface area contributed by atoms with E-state index < -0.39 is 11.7 Å².